The summed E-state index contributed by atoms with van der Waals surface area (Å²) < 4.78 is 68.4. The summed E-state index contributed by atoms with van der Waals surface area (Å²) in [4.78, 5) is 72.7. The molecule has 0 bridgehead atoms. The highest BCUT2D eigenvalue weighted by atomic mass is 31.2. The smallest absolute Gasteiger partial charge is 0.462 e. The number of phosphoric ester groups is 2. The normalized spacial score (nSPS) is 13.9. The molecule has 0 aliphatic heterocycles. The van der Waals surface area contributed by atoms with Crippen LogP contribution in [-0.2, 0) is 65.4 Å². The van der Waals surface area contributed by atoms with Crippen LogP contribution in [0.15, 0.2) is 0 Å². The molecule has 0 rings (SSSR count). The number of carbonyl (C=O) groups excluding carboxylic acids is 4. The maximum absolute atomic E-state index is 13.1. The predicted octanol–water partition coefficient (Wildman–Crippen LogP) is 23.3. The van der Waals surface area contributed by atoms with Gasteiger partial charge in [-0.2, -0.15) is 0 Å². The van der Waals surface area contributed by atoms with E-state index in [1.165, 1.54) is 225 Å². The number of hydrogen-bond acceptors (Lipinski definition) is 15. The standard InChI is InChI=1S/C78H152O17P2/c1-6-9-12-15-18-20-22-24-26-28-30-32-34-36-38-40-42-48-53-58-63-77(82)94-74(68-89-76(81)62-57-52-47-41-39-37-35-33-31-29-27-25-23-21-19-16-13-10-7-2)70-93-97(86,87)91-66-72(79)65-90-96(84,85)92-69-73(67-88-75(80)61-56-51-45-17-14-11-8-3)95-78(83)64-59-54-49-44-43-46-50-55-60-71(4)5/h71-74,79H,6-70H2,1-5H3,(H,84,85)(H,86,87)/t72-,73+,74+/m0/s1. The number of ether oxygens (including phenoxy) is 4. The molecule has 0 aromatic rings. The topological polar surface area (TPSA) is 237 Å². The molecule has 0 saturated heterocycles. The molecule has 19 heteroatoms. The van der Waals surface area contributed by atoms with Crippen LogP contribution in [0.1, 0.15) is 413 Å². The van der Waals surface area contributed by atoms with Crippen LogP contribution in [-0.4, -0.2) is 96.7 Å². The van der Waals surface area contributed by atoms with Gasteiger partial charge in [0.15, 0.2) is 12.2 Å². The minimum absolute atomic E-state index is 0.105. The molecule has 0 aliphatic carbocycles. The third-order valence-electron chi connectivity index (χ3n) is 18.3. The van der Waals surface area contributed by atoms with Gasteiger partial charge < -0.3 is 33.8 Å². The third-order valence-corrected chi connectivity index (χ3v) is 20.2. The number of phosphoric acid groups is 2. The summed E-state index contributed by atoms with van der Waals surface area (Å²) in [5, 5.41) is 10.6. The first-order valence-electron chi connectivity index (χ1n) is 40.6. The van der Waals surface area contributed by atoms with Crippen LogP contribution in [0.25, 0.3) is 0 Å². The Morgan fingerprint density at radius 2 is 0.474 bits per heavy atom. The maximum atomic E-state index is 13.1. The van der Waals surface area contributed by atoms with Crippen LogP contribution in [0.2, 0.25) is 0 Å². The molecule has 0 aromatic carbocycles. The van der Waals surface area contributed by atoms with Gasteiger partial charge in [-0.3, -0.25) is 37.3 Å². The zero-order chi connectivity index (χ0) is 71.2. The molecule has 576 valence electrons. The zero-order valence-electron chi connectivity index (χ0n) is 63.2. The lowest BCUT2D eigenvalue weighted by atomic mass is 10.0. The Labute approximate surface area is 594 Å². The Morgan fingerprint density at radius 1 is 0.278 bits per heavy atom. The van der Waals surface area contributed by atoms with Gasteiger partial charge in [-0.05, 0) is 31.6 Å². The zero-order valence-corrected chi connectivity index (χ0v) is 65.0. The molecule has 97 heavy (non-hydrogen) atoms. The SMILES string of the molecule is CCCCCCCCCCCCCCCCCCCCCCC(=O)O[C@H](COC(=O)CCCCCCCCCCCCCCCCCCCCC)COP(=O)(O)OC[C@@H](O)COP(=O)(O)OC[C@@H](COC(=O)CCCCCCCCC)OC(=O)CCCCCCCCCCC(C)C. The fourth-order valence-corrected chi connectivity index (χ4v) is 13.6. The van der Waals surface area contributed by atoms with Gasteiger partial charge in [-0.15, -0.1) is 0 Å². The lowest BCUT2D eigenvalue weighted by molar-refractivity contribution is -0.161. The van der Waals surface area contributed by atoms with Crippen molar-refractivity contribution in [1.29, 1.82) is 0 Å². The van der Waals surface area contributed by atoms with Crippen molar-refractivity contribution in [2.75, 3.05) is 39.6 Å². The van der Waals surface area contributed by atoms with E-state index in [9.17, 15) is 43.2 Å². The largest absolute Gasteiger partial charge is 0.472 e. The molecule has 3 N–H and O–H groups in total. The van der Waals surface area contributed by atoms with Crippen molar-refractivity contribution in [1.82, 2.24) is 0 Å². The van der Waals surface area contributed by atoms with Gasteiger partial charge in [0, 0.05) is 25.7 Å². The number of rotatable bonds is 78. The number of esters is 4. The summed E-state index contributed by atoms with van der Waals surface area (Å²) in [6.45, 7) is 7.22. The van der Waals surface area contributed by atoms with Crippen molar-refractivity contribution in [3.63, 3.8) is 0 Å². The van der Waals surface area contributed by atoms with E-state index in [4.69, 9.17) is 37.0 Å². The summed E-state index contributed by atoms with van der Waals surface area (Å²) in [6.07, 6.45) is 61.5. The van der Waals surface area contributed by atoms with E-state index in [1.807, 2.05) is 0 Å². The Hall–Kier alpha value is -1.94. The summed E-state index contributed by atoms with van der Waals surface area (Å²) in [5.74, 6) is -1.40. The second-order valence-electron chi connectivity index (χ2n) is 28.6. The number of carbonyl (C=O) groups is 4. The lowest BCUT2D eigenvalue weighted by Gasteiger charge is -2.21. The Kier molecular flexibility index (Phi) is 69.6. The predicted molar refractivity (Wildman–Crippen MR) is 395 cm³/mol. The van der Waals surface area contributed by atoms with Gasteiger partial charge in [0.2, 0.25) is 0 Å². The molecular formula is C78H152O17P2. The van der Waals surface area contributed by atoms with Crippen LogP contribution in [0.5, 0.6) is 0 Å². The average Bonchev–Trinajstić information content (AvgIpc) is 1.04. The molecule has 0 aliphatic rings. The van der Waals surface area contributed by atoms with Crippen molar-refractivity contribution >= 4 is 39.5 Å². The molecule has 0 fully saturated rings. The van der Waals surface area contributed by atoms with Crippen LogP contribution >= 0.6 is 15.6 Å². The van der Waals surface area contributed by atoms with Crippen LogP contribution in [0.4, 0.5) is 0 Å². The van der Waals surface area contributed by atoms with Crippen LogP contribution < -0.4 is 0 Å². The van der Waals surface area contributed by atoms with E-state index < -0.39 is 97.5 Å². The fourth-order valence-electron chi connectivity index (χ4n) is 12.1. The summed E-state index contributed by atoms with van der Waals surface area (Å²) >= 11 is 0. The first kappa shape index (κ1) is 95.1. The van der Waals surface area contributed by atoms with Crippen molar-refractivity contribution in [2.24, 2.45) is 5.92 Å². The van der Waals surface area contributed by atoms with Gasteiger partial charge >= 0.3 is 39.5 Å². The van der Waals surface area contributed by atoms with E-state index in [2.05, 4.69) is 34.6 Å². The molecule has 0 heterocycles. The van der Waals surface area contributed by atoms with E-state index in [0.717, 1.165) is 109 Å². The number of unbranched alkanes of at least 4 members (excludes halogenated alkanes) is 50. The lowest BCUT2D eigenvalue weighted by Crippen LogP contribution is -2.30. The molecule has 0 saturated carbocycles. The Morgan fingerprint density at radius 3 is 0.701 bits per heavy atom. The fraction of sp³-hybridized carbons (Fsp3) is 0.949. The minimum Gasteiger partial charge on any atom is -0.462 e. The molecule has 0 radical (unpaired) electrons. The van der Waals surface area contributed by atoms with E-state index in [-0.39, 0.29) is 25.7 Å². The summed E-state index contributed by atoms with van der Waals surface area (Å²) in [7, 11) is -9.91. The molecule has 0 spiro atoms. The van der Waals surface area contributed by atoms with Crippen molar-refractivity contribution in [3.05, 3.63) is 0 Å². The summed E-state index contributed by atoms with van der Waals surface area (Å²) in [5.41, 5.74) is 0. The number of aliphatic hydroxyl groups is 1. The second-order valence-corrected chi connectivity index (χ2v) is 31.5. The Balaban J connectivity index is 5.16. The van der Waals surface area contributed by atoms with Gasteiger partial charge in [0.25, 0.3) is 0 Å². The van der Waals surface area contributed by atoms with E-state index in [1.54, 1.807) is 0 Å². The molecule has 5 atom stereocenters. The summed E-state index contributed by atoms with van der Waals surface area (Å²) in [6, 6.07) is 0. The van der Waals surface area contributed by atoms with Crippen molar-refractivity contribution < 1.29 is 80.2 Å². The van der Waals surface area contributed by atoms with E-state index >= 15 is 0 Å². The third kappa shape index (κ3) is 72.2. The highest BCUT2D eigenvalue weighted by Gasteiger charge is 2.30. The van der Waals surface area contributed by atoms with Gasteiger partial charge in [0.05, 0.1) is 26.4 Å². The minimum atomic E-state index is -4.96. The first-order valence-corrected chi connectivity index (χ1v) is 43.6. The van der Waals surface area contributed by atoms with Gasteiger partial charge in [-0.25, -0.2) is 9.13 Å². The quantitative estimate of drug-likeness (QED) is 0.0222. The second kappa shape index (κ2) is 71.1. The highest BCUT2D eigenvalue weighted by Crippen LogP contribution is 2.45. The van der Waals surface area contributed by atoms with Crippen LogP contribution in [0, 0.1) is 5.92 Å². The monoisotopic (exact) mass is 1420 g/mol. The Bertz CT molecular complexity index is 1860. The van der Waals surface area contributed by atoms with Gasteiger partial charge in [0.1, 0.15) is 19.3 Å². The van der Waals surface area contributed by atoms with Gasteiger partial charge in [-0.1, -0.05) is 362 Å². The number of hydrogen-bond donors (Lipinski definition) is 3. The maximum Gasteiger partial charge on any atom is 0.472 e. The average molecular weight is 1420 g/mol. The molecular weight excluding hydrogens is 1270 g/mol. The van der Waals surface area contributed by atoms with Crippen molar-refractivity contribution in [3.8, 4) is 0 Å². The molecule has 0 amide bonds. The molecule has 17 nitrogen and oxygen atoms in total. The van der Waals surface area contributed by atoms with Crippen molar-refractivity contribution in [2.45, 2.75) is 432 Å². The first-order chi connectivity index (χ1) is 47.0. The van der Waals surface area contributed by atoms with E-state index in [0.29, 0.717) is 25.7 Å². The molecule has 0 aromatic heterocycles. The number of aliphatic hydroxyl groups excluding tert-OH is 1. The highest BCUT2D eigenvalue weighted by molar-refractivity contribution is 7.47. The molecule has 2 unspecified atom stereocenters. The van der Waals surface area contributed by atoms with Crippen LogP contribution in [0.3, 0.4) is 0 Å².